The molecule has 0 saturated heterocycles. The van der Waals surface area contributed by atoms with Crippen molar-refractivity contribution in [2.24, 2.45) is 0 Å². The summed E-state index contributed by atoms with van der Waals surface area (Å²) in [5.74, 6) is 0.232. The molecule has 0 N–H and O–H groups in total. The summed E-state index contributed by atoms with van der Waals surface area (Å²) in [6.07, 6.45) is 0. The maximum Gasteiger partial charge on any atom is 0.272 e. The first-order valence-electron chi connectivity index (χ1n) is 8.13. The van der Waals surface area contributed by atoms with Crippen LogP contribution in [-0.4, -0.2) is 31.7 Å². The monoisotopic (exact) mass is 352 g/mol. The number of hydrogen-bond acceptors (Lipinski definition) is 4. The molecule has 1 aliphatic heterocycles. The van der Waals surface area contributed by atoms with E-state index in [9.17, 15) is 9.59 Å². The molecule has 25 heavy (non-hydrogen) atoms. The summed E-state index contributed by atoms with van der Waals surface area (Å²) >= 11 is 1.42. The minimum absolute atomic E-state index is 0.242. The van der Waals surface area contributed by atoms with E-state index in [1.807, 2.05) is 80.5 Å². The van der Waals surface area contributed by atoms with Crippen LogP contribution in [0.4, 0.5) is 11.4 Å². The summed E-state index contributed by atoms with van der Waals surface area (Å²) in [6, 6.07) is 16.8. The van der Waals surface area contributed by atoms with Crippen molar-refractivity contribution < 1.29 is 9.59 Å². The van der Waals surface area contributed by atoms with Gasteiger partial charge in [-0.05, 0) is 35.6 Å². The molecule has 3 rings (SSSR count). The average Bonchev–Trinajstić information content (AvgIpc) is 2.86. The number of thioether (sulfide) groups is 1. The third-order valence-electron chi connectivity index (χ3n) is 4.02. The zero-order chi connectivity index (χ0) is 18.0. The highest BCUT2D eigenvalue weighted by molar-refractivity contribution is 8.04. The number of carbonyl (C=O) groups is 2. The quantitative estimate of drug-likeness (QED) is 0.768. The Balaban J connectivity index is 2.02. The molecule has 1 aliphatic rings. The standard InChI is InChI=1S/C20H20N2O2S/c1-4-25-18-17(14-8-6-5-7-9-14)19(23)22(20(18)24)16-12-10-15(11-13-16)21(2)3/h5-13H,4H2,1-3H3. The number of carbonyl (C=O) groups excluding carboxylic acids is 2. The van der Waals surface area contributed by atoms with Gasteiger partial charge in [-0.3, -0.25) is 9.59 Å². The van der Waals surface area contributed by atoms with Crippen molar-refractivity contribution >= 4 is 40.5 Å². The Kier molecular flexibility index (Phi) is 4.95. The van der Waals surface area contributed by atoms with Crippen LogP contribution in [0.15, 0.2) is 59.5 Å². The zero-order valence-electron chi connectivity index (χ0n) is 14.5. The van der Waals surface area contributed by atoms with E-state index in [4.69, 9.17) is 0 Å². The van der Waals surface area contributed by atoms with E-state index in [0.29, 0.717) is 16.2 Å². The van der Waals surface area contributed by atoms with Gasteiger partial charge >= 0.3 is 0 Å². The third kappa shape index (κ3) is 3.20. The topological polar surface area (TPSA) is 40.6 Å². The largest absolute Gasteiger partial charge is 0.378 e. The lowest BCUT2D eigenvalue weighted by Gasteiger charge is -2.17. The SMILES string of the molecule is CCSC1=C(c2ccccc2)C(=O)N(c2ccc(N(C)C)cc2)C1=O. The van der Waals surface area contributed by atoms with Crippen molar-refractivity contribution in [2.75, 3.05) is 29.6 Å². The Morgan fingerprint density at radius 1 is 0.920 bits per heavy atom. The number of nitrogens with zero attached hydrogens (tertiary/aromatic N) is 2. The van der Waals surface area contributed by atoms with Crippen LogP contribution in [0.5, 0.6) is 0 Å². The Morgan fingerprint density at radius 2 is 1.56 bits per heavy atom. The lowest BCUT2D eigenvalue weighted by Crippen LogP contribution is -2.31. The van der Waals surface area contributed by atoms with Crippen LogP contribution < -0.4 is 9.80 Å². The van der Waals surface area contributed by atoms with Gasteiger partial charge in [0.1, 0.15) is 0 Å². The van der Waals surface area contributed by atoms with E-state index in [0.717, 1.165) is 17.0 Å². The minimum Gasteiger partial charge on any atom is -0.378 e. The van der Waals surface area contributed by atoms with Gasteiger partial charge in [-0.2, -0.15) is 0 Å². The van der Waals surface area contributed by atoms with E-state index in [2.05, 4.69) is 0 Å². The van der Waals surface area contributed by atoms with Gasteiger partial charge in [0.15, 0.2) is 0 Å². The number of amides is 2. The first-order chi connectivity index (χ1) is 12.0. The molecule has 2 amide bonds. The van der Waals surface area contributed by atoms with Gasteiger partial charge in [0, 0.05) is 19.8 Å². The number of anilines is 2. The average molecular weight is 352 g/mol. The van der Waals surface area contributed by atoms with Crippen molar-refractivity contribution in [1.29, 1.82) is 0 Å². The van der Waals surface area contributed by atoms with E-state index in [1.54, 1.807) is 0 Å². The molecule has 0 unspecified atom stereocenters. The Morgan fingerprint density at radius 3 is 2.12 bits per heavy atom. The van der Waals surface area contributed by atoms with E-state index in [-0.39, 0.29) is 11.8 Å². The molecule has 0 fully saturated rings. The van der Waals surface area contributed by atoms with E-state index >= 15 is 0 Å². The first kappa shape index (κ1) is 17.3. The molecule has 0 bridgehead atoms. The molecule has 0 aliphatic carbocycles. The highest BCUT2D eigenvalue weighted by atomic mass is 32.2. The lowest BCUT2D eigenvalue weighted by molar-refractivity contribution is -0.119. The maximum atomic E-state index is 13.0. The van der Waals surface area contributed by atoms with Crippen LogP contribution >= 0.6 is 11.8 Å². The van der Waals surface area contributed by atoms with Crippen molar-refractivity contribution in [1.82, 2.24) is 0 Å². The summed E-state index contributed by atoms with van der Waals surface area (Å²) in [7, 11) is 3.90. The summed E-state index contributed by atoms with van der Waals surface area (Å²) in [5.41, 5.74) is 2.89. The van der Waals surface area contributed by atoms with Crippen LogP contribution in [0.1, 0.15) is 12.5 Å². The molecule has 1 heterocycles. The van der Waals surface area contributed by atoms with Crippen molar-refractivity contribution in [3.8, 4) is 0 Å². The fourth-order valence-corrected chi connectivity index (χ4v) is 3.63. The predicted octanol–water partition coefficient (Wildman–Crippen LogP) is 3.79. The zero-order valence-corrected chi connectivity index (χ0v) is 15.3. The molecule has 0 atom stereocenters. The van der Waals surface area contributed by atoms with E-state index in [1.165, 1.54) is 16.7 Å². The molecule has 5 heteroatoms. The lowest BCUT2D eigenvalue weighted by atomic mass is 10.1. The second kappa shape index (κ2) is 7.15. The second-order valence-corrected chi connectivity index (χ2v) is 7.13. The predicted molar refractivity (Wildman–Crippen MR) is 105 cm³/mol. The molecular weight excluding hydrogens is 332 g/mol. The van der Waals surface area contributed by atoms with Crippen LogP contribution in [0.2, 0.25) is 0 Å². The molecule has 2 aromatic carbocycles. The first-order valence-corrected chi connectivity index (χ1v) is 9.11. The smallest absolute Gasteiger partial charge is 0.272 e. The molecule has 4 nitrogen and oxygen atoms in total. The van der Waals surface area contributed by atoms with Crippen LogP contribution in [-0.2, 0) is 9.59 Å². The van der Waals surface area contributed by atoms with Gasteiger partial charge in [0.25, 0.3) is 11.8 Å². The van der Waals surface area contributed by atoms with Gasteiger partial charge in [0.2, 0.25) is 0 Å². The molecule has 2 aromatic rings. The summed E-state index contributed by atoms with van der Waals surface area (Å²) in [5, 5.41) is 0. The Labute approximate surface area is 152 Å². The number of benzene rings is 2. The molecule has 128 valence electrons. The van der Waals surface area contributed by atoms with Gasteiger partial charge in [0.05, 0.1) is 16.2 Å². The highest BCUT2D eigenvalue weighted by Crippen LogP contribution is 2.38. The summed E-state index contributed by atoms with van der Waals surface area (Å²) < 4.78 is 0. The number of hydrogen-bond donors (Lipinski definition) is 0. The molecule has 0 saturated carbocycles. The third-order valence-corrected chi connectivity index (χ3v) is 4.97. The van der Waals surface area contributed by atoms with Crippen LogP contribution in [0, 0.1) is 0 Å². The van der Waals surface area contributed by atoms with Crippen molar-refractivity contribution in [3.05, 3.63) is 65.1 Å². The normalized spacial score (nSPS) is 14.4. The highest BCUT2D eigenvalue weighted by Gasteiger charge is 2.39. The van der Waals surface area contributed by atoms with Crippen LogP contribution in [0.3, 0.4) is 0 Å². The van der Waals surface area contributed by atoms with Gasteiger partial charge in [-0.1, -0.05) is 37.3 Å². The Hall–Kier alpha value is -2.53. The van der Waals surface area contributed by atoms with E-state index < -0.39 is 0 Å². The van der Waals surface area contributed by atoms with Crippen LogP contribution in [0.25, 0.3) is 5.57 Å². The number of rotatable bonds is 5. The van der Waals surface area contributed by atoms with Crippen molar-refractivity contribution in [2.45, 2.75) is 6.92 Å². The summed E-state index contributed by atoms with van der Waals surface area (Å²) in [6.45, 7) is 1.98. The maximum absolute atomic E-state index is 13.0. The van der Waals surface area contributed by atoms with Crippen molar-refractivity contribution in [3.63, 3.8) is 0 Å². The summed E-state index contributed by atoms with van der Waals surface area (Å²) in [4.78, 5) is 29.7. The molecule has 0 spiro atoms. The molecule has 0 aromatic heterocycles. The minimum atomic E-state index is -0.259. The van der Waals surface area contributed by atoms with Gasteiger partial charge in [-0.15, -0.1) is 11.8 Å². The Bertz CT molecular complexity index is 827. The van der Waals surface area contributed by atoms with Gasteiger partial charge < -0.3 is 4.90 Å². The second-order valence-electron chi connectivity index (χ2n) is 5.86. The fraction of sp³-hybridized carbons (Fsp3) is 0.200. The molecule has 0 radical (unpaired) electrons. The van der Waals surface area contributed by atoms with Gasteiger partial charge in [-0.25, -0.2) is 4.90 Å². The number of imide groups is 1. The molecular formula is C20H20N2O2S. The fourth-order valence-electron chi connectivity index (χ4n) is 2.78.